The van der Waals surface area contributed by atoms with Gasteiger partial charge in [-0.3, -0.25) is 0 Å². The van der Waals surface area contributed by atoms with E-state index >= 15 is 0 Å². The van der Waals surface area contributed by atoms with Gasteiger partial charge in [-0.15, -0.1) is 9.98 Å². The molecule has 1 fully saturated rings. The third-order valence-corrected chi connectivity index (χ3v) is 2.26. The van der Waals surface area contributed by atoms with Gasteiger partial charge in [-0.2, -0.15) is 10.5 Å². The Balaban J connectivity index is 2.53. The zero-order valence-corrected chi connectivity index (χ0v) is 8.67. The van der Waals surface area contributed by atoms with E-state index in [1.54, 1.807) is 22.2 Å². The molecule has 4 N–H and O–H groups in total. The summed E-state index contributed by atoms with van der Waals surface area (Å²) in [6.07, 6.45) is 3.27. The zero-order chi connectivity index (χ0) is 12.0. The largest absolute Gasteiger partial charge is 0.369 e. The predicted molar refractivity (Wildman–Crippen MR) is 57.6 cm³/mol. The van der Waals surface area contributed by atoms with Crippen LogP contribution in [0, 0.1) is 22.9 Å². The summed E-state index contributed by atoms with van der Waals surface area (Å²) in [7, 11) is 0. The quantitative estimate of drug-likeness (QED) is 0.281. The molecule has 1 saturated heterocycles. The Kier molecular flexibility index (Phi) is 3.92. The lowest BCUT2D eigenvalue weighted by molar-refractivity contribution is 0.255. The first kappa shape index (κ1) is 11.6. The van der Waals surface area contributed by atoms with Gasteiger partial charge in [0.15, 0.2) is 0 Å². The molecule has 0 aromatic rings. The minimum Gasteiger partial charge on any atom is -0.369 e. The molecule has 0 bridgehead atoms. The number of nitrogens with zero attached hydrogens (tertiary/aromatic N) is 6. The maximum absolute atomic E-state index is 8.35. The number of piperazine rings is 1. The van der Waals surface area contributed by atoms with Gasteiger partial charge in [0.1, 0.15) is 0 Å². The van der Waals surface area contributed by atoms with E-state index in [-0.39, 0.29) is 11.9 Å². The number of rotatable bonds is 0. The molecule has 0 unspecified atom stereocenters. The Morgan fingerprint density at radius 3 is 1.44 bits per heavy atom. The molecule has 8 heteroatoms. The number of aliphatic imine (C=N–C) groups is 2. The summed E-state index contributed by atoms with van der Waals surface area (Å²) in [5.74, 6) is 0.413. The second-order valence-corrected chi connectivity index (χ2v) is 3.11. The van der Waals surface area contributed by atoms with Crippen LogP contribution in [0.3, 0.4) is 0 Å². The van der Waals surface area contributed by atoms with Crippen molar-refractivity contribution in [1.82, 2.24) is 9.80 Å². The molecule has 0 radical (unpaired) electrons. The lowest BCUT2D eigenvalue weighted by atomic mass is 10.3. The fraction of sp³-hybridized carbons (Fsp3) is 0.500. The number of hydrogen-bond acceptors (Lipinski definition) is 4. The topological polar surface area (TPSA) is 131 Å². The van der Waals surface area contributed by atoms with Crippen LogP contribution in [0.4, 0.5) is 0 Å². The highest BCUT2D eigenvalue weighted by Gasteiger charge is 2.19. The molecule has 1 aliphatic heterocycles. The number of guanidine groups is 2. The Morgan fingerprint density at radius 1 is 0.875 bits per heavy atom. The summed E-state index contributed by atoms with van der Waals surface area (Å²) in [4.78, 5) is 10.5. The highest BCUT2D eigenvalue weighted by Crippen LogP contribution is 2.00. The molecule has 0 aromatic heterocycles. The molecule has 0 atom stereocenters. The summed E-state index contributed by atoms with van der Waals surface area (Å²) in [6, 6.07) is 0. The molecule has 0 aromatic carbocycles. The molecule has 0 saturated carbocycles. The molecular formula is C8H12N8. The van der Waals surface area contributed by atoms with Crippen molar-refractivity contribution >= 4 is 11.9 Å². The maximum Gasteiger partial charge on any atom is 0.209 e. The van der Waals surface area contributed by atoms with E-state index in [4.69, 9.17) is 22.0 Å². The van der Waals surface area contributed by atoms with Crippen LogP contribution in [0.15, 0.2) is 9.98 Å². The highest BCUT2D eigenvalue weighted by molar-refractivity contribution is 5.81. The van der Waals surface area contributed by atoms with Crippen LogP contribution in [-0.4, -0.2) is 47.9 Å². The SMILES string of the molecule is N#CN=C(N)N1CCN(C(N)=NC#N)CC1. The summed E-state index contributed by atoms with van der Waals surface area (Å²) >= 11 is 0. The van der Waals surface area contributed by atoms with Gasteiger partial charge in [-0.05, 0) is 0 Å². The van der Waals surface area contributed by atoms with Gasteiger partial charge in [0.2, 0.25) is 24.3 Å². The second-order valence-electron chi connectivity index (χ2n) is 3.11. The van der Waals surface area contributed by atoms with E-state index in [0.29, 0.717) is 26.2 Å². The average molecular weight is 220 g/mol. The third-order valence-electron chi connectivity index (χ3n) is 2.26. The maximum atomic E-state index is 8.35. The summed E-state index contributed by atoms with van der Waals surface area (Å²) in [6.45, 7) is 2.38. The first-order valence-corrected chi connectivity index (χ1v) is 4.63. The van der Waals surface area contributed by atoms with Crippen molar-refractivity contribution < 1.29 is 0 Å². The number of hydrogen-bond donors (Lipinski definition) is 2. The minimum atomic E-state index is 0.206. The number of nitrogens with two attached hydrogens (primary N) is 2. The Labute approximate surface area is 93.1 Å². The summed E-state index contributed by atoms with van der Waals surface area (Å²) < 4.78 is 0. The average Bonchev–Trinajstić information content (AvgIpc) is 2.30. The fourth-order valence-corrected chi connectivity index (χ4v) is 1.41. The van der Waals surface area contributed by atoms with Crippen LogP contribution in [0.5, 0.6) is 0 Å². The molecular weight excluding hydrogens is 208 g/mol. The number of nitriles is 2. The lowest BCUT2D eigenvalue weighted by Gasteiger charge is -2.35. The van der Waals surface area contributed by atoms with E-state index in [1.807, 2.05) is 0 Å². The highest BCUT2D eigenvalue weighted by atomic mass is 15.4. The molecule has 0 spiro atoms. The molecule has 1 aliphatic rings. The Morgan fingerprint density at radius 2 is 1.19 bits per heavy atom. The Hall–Kier alpha value is -2.48. The van der Waals surface area contributed by atoms with Crippen molar-refractivity contribution in [1.29, 1.82) is 10.5 Å². The standard InChI is InChI=1S/C8H12N8/c9-5-13-7(11)15-1-2-16(4-3-15)8(12)14-6-10/h1-4H2,(H2,11,13)(H2,12,14). The Bertz CT molecular complexity index is 338. The van der Waals surface area contributed by atoms with Crippen molar-refractivity contribution in [2.45, 2.75) is 0 Å². The van der Waals surface area contributed by atoms with Gasteiger partial charge in [0.25, 0.3) is 0 Å². The smallest absolute Gasteiger partial charge is 0.209 e. The zero-order valence-electron chi connectivity index (χ0n) is 8.67. The summed E-state index contributed by atoms with van der Waals surface area (Å²) in [5.41, 5.74) is 11.1. The van der Waals surface area contributed by atoms with Crippen molar-refractivity contribution in [3.63, 3.8) is 0 Å². The van der Waals surface area contributed by atoms with Crippen LogP contribution in [0.25, 0.3) is 0 Å². The monoisotopic (exact) mass is 220 g/mol. The second kappa shape index (κ2) is 5.41. The van der Waals surface area contributed by atoms with Gasteiger partial charge in [-0.25, -0.2) is 0 Å². The first-order chi connectivity index (χ1) is 7.69. The first-order valence-electron chi connectivity index (χ1n) is 4.63. The van der Waals surface area contributed by atoms with E-state index < -0.39 is 0 Å². The molecule has 1 heterocycles. The van der Waals surface area contributed by atoms with Crippen molar-refractivity contribution in [2.75, 3.05) is 26.2 Å². The molecule has 0 aliphatic carbocycles. The fourth-order valence-electron chi connectivity index (χ4n) is 1.41. The van der Waals surface area contributed by atoms with Crippen LogP contribution >= 0.6 is 0 Å². The van der Waals surface area contributed by atoms with Crippen LogP contribution in [0.1, 0.15) is 0 Å². The van der Waals surface area contributed by atoms with Gasteiger partial charge in [0.05, 0.1) is 0 Å². The van der Waals surface area contributed by atoms with Gasteiger partial charge < -0.3 is 21.3 Å². The predicted octanol–water partition coefficient (Wildman–Crippen LogP) is -1.80. The molecule has 16 heavy (non-hydrogen) atoms. The van der Waals surface area contributed by atoms with Crippen LogP contribution < -0.4 is 11.5 Å². The van der Waals surface area contributed by atoms with E-state index in [2.05, 4.69) is 9.98 Å². The summed E-state index contributed by atoms with van der Waals surface area (Å²) in [5, 5.41) is 16.7. The molecule has 1 rings (SSSR count). The molecule has 8 nitrogen and oxygen atoms in total. The van der Waals surface area contributed by atoms with Gasteiger partial charge >= 0.3 is 0 Å². The third kappa shape index (κ3) is 2.75. The van der Waals surface area contributed by atoms with E-state index in [1.165, 1.54) is 0 Å². The minimum absolute atomic E-state index is 0.206. The van der Waals surface area contributed by atoms with Crippen molar-refractivity contribution in [3.05, 3.63) is 0 Å². The molecule has 84 valence electrons. The van der Waals surface area contributed by atoms with E-state index in [0.717, 1.165) is 0 Å². The molecule has 0 amide bonds. The van der Waals surface area contributed by atoms with Gasteiger partial charge in [0, 0.05) is 26.2 Å². The van der Waals surface area contributed by atoms with E-state index in [9.17, 15) is 0 Å². The normalized spacial score (nSPS) is 17.9. The van der Waals surface area contributed by atoms with Crippen LogP contribution in [0.2, 0.25) is 0 Å². The van der Waals surface area contributed by atoms with Gasteiger partial charge in [-0.1, -0.05) is 0 Å². The lowest BCUT2D eigenvalue weighted by Crippen LogP contribution is -2.54. The van der Waals surface area contributed by atoms with Crippen molar-refractivity contribution in [2.24, 2.45) is 21.5 Å². The van der Waals surface area contributed by atoms with Crippen LogP contribution in [-0.2, 0) is 0 Å². The van der Waals surface area contributed by atoms with Crippen molar-refractivity contribution in [3.8, 4) is 12.4 Å².